The Balaban J connectivity index is 2.85. The number of hydrogen-bond acceptors (Lipinski definition) is 2. The third-order valence-electron chi connectivity index (χ3n) is 3.06. The van der Waals surface area contributed by atoms with Gasteiger partial charge in [-0.25, -0.2) is 0 Å². The summed E-state index contributed by atoms with van der Waals surface area (Å²) in [7, 11) is 0. The summed E-state index contributed by atoms with van der Waals surface area (Å²) < 4.78 is 3.17. The van der Waals surface area contributed by atoms with Gasteiger partial charge in [-0.15, -0.1) is 11.5 Å². The summed E-state index contributed by atoms with van der Waals surface area (Å²) in [5.41, 5.74) is 1.24. The van der Waals surface area contributed by atoms with Gasteiger partial charge in [0.1, 0.15) is 13.4 Å². The molecular weight excluding hydrogens is 228 g/mol. The van der Waals surface area contributed by atoms with Crippen LogP contribution in [0.25, 0.3) is 21.8 Å². The van der Waals surface area contributed by atoms with E-state index in [1.54, 1.807) is 45.1 Å². The Morgan fingerprint density at radius 3 is 1.56 bits per heavy atom. The van der Waals surface area contributed by atoms with Gasteiger partial charge in [0.2, 0.25) is 0 Å². The van der Waals surface area contributed by atoms with Crippen molar-refractivity contribution in [3.63, 3.8) is 0 Å². The second-order valence-corrected chi connectivity index (χ2v) is 4.14. The quantitative estimate of drug-likeness (QED) is 0.408. The number of nitrogens with zero attached hydrogens (tertiary/aromatic N) is 2. The van der Waals surface area contributed by atoms with Gasteiger partial charge in [0.15, 0.2) is 12.4 Å². The SMILES string of the molecule is C=[n+]1cccc2c([O-])c([O-])c3ccc[n+](=C)c3c21. The molecule has 0 aliphatic heterocycles. The van der Waals surface area contributed by atoms with Gasteiger partial charge < -0.3 is 10.2 Å². The molecule has 0 saturated heterocycles. The molecule has 0 bridgehead atoms. The van der Waals surface area contributed by atoms with Gasteiger partial charge in [0.25, 0.3) is 11.0 Å². The summed E-state index contributed by atoms with van der Waals surface area (Å²) in [6, 6.07) is 6.65. The lowest BCUT2D eigenvalue weighted by atomic mass is 10.1. The monoisotopic (exact) mass is 238 g/mol. The van der Waals surface area contributed by atoms with Crippen LogP contribution in [0.4, 0.5) is 0 Å². The number of aromatic nitrogens is 2. The normalized spacial score (nSPS) is 11.1. The molecule has 0 spiro atoms. The maximum atomic E-state index is 12.0. The highest BCUT2D eigenvalue weighted by molar-refractivity contribution is 6.05. The van der Waals surface area contributed by atoms with E-state index in [4.69, 9.17) is 0 Å². The first kappa shape index (κ1) is 10.5. The molecule has 3 aromatic rings. The number of rotatable bonds is 0. The predicted octanol–water partition coefficient (Wildman–Crippen LogP) is -0.00542. The van der Waals surface area contributed by atoms with Crippen molar-refractivity contribution in [1.82, 2.24) is 0 Å². The minimum absolute atomic E-state index is 0.369. The maximum absolute atomic E-state index is 12.0. The molecule has 0 aliphatic rings. The maximum Gasteiger partial charge on any atom is 0.289 e. The van der Waals surface area contributed by atoms with E-state index in [1.165, 1.54) is 0 Å². The molecular formula is C14H10N2O2. The first-order valence-electron chi connectivity index (χ1n) is 5.41. The summed E-state index contributed by atoms with van der Waals surface area (Å²) in [6.45, 7) is 7.69. The Bertz CT molecular complexity index is 813. The van der Waals surface area contributed by atoms with Gasteiger partial charge in [-0.1, -0.05) is 0 Å². The first-order chi connectivity index (χ1) is 8.61. The lowest BCUT2D eigenvalue weighted by molar-refractivity contribution is -0.489. The second-order valence-electron chi connectivity index (χ2n) is 4.14. The zero-order valence-corrected chi connectivity index (χ0v) is 9.59. The van der Waals surface area contributed by atoms with Crippen LogP contribution in [-0.2, 0) is 0 Å². The molecule has 0 unspecified atom stereocenters. The van der Waals surface area contributed by atoms with Crippen molar-refractivity contribution in [1.29, 1.82) is 0 Å². The zero-order valence-electron chi connectivity index (χ0n) is 9.59. The van der Waals surface area contributed by atoms with Gasteiger partial charge in [0.05, 0.1) is 0 Å². The molecule has 0 saturated carbocycles. The molecule has 1 aromatic carbocycles. The fourth-order valence-electron chi connectivity index (χ4n) is 2.24. The van der Waals surface area contributed by atoms with E-state index in [2.05, 4.69) is 13.4 Å². The van der Waals surface area contributed by atoms with E-state index in [-0.39, 0.29) is 0 Å². The molecule has 4 nitrogen and oxygen atoms in total. The number of hydrogen-bond donors (Lipinski definition) is 0. The highest BCUT2D eigenvalue weighted by atomic mass is 16.3. The summed E-state index contributed by atoms with van der Waals surface area (Å²) in [5.74, 6) is -0.997. The van der Waals surface area contributed by atoms with Crippen molar-refractivity contribution in [2.75, 3.05) is 0 Å². The van der Waals surface area contributed by atoms with Crippen molar-refractivity contribution in [2.45, 2.75) is 0 Å². The van der Waals surface area contributed by atoms with E-state index in [9.17, 15) is 10.2 Å². The minimum Gasteiger partial charge on any atom is -0.872 e. The van der Waals surface area contributed by atoms with Crippen LogP contribution in [0, 0.1) is 13.4 Å². The van der Waals surface area contributed by atoms with Crippen molar-refractivity contribution in [3.8, 4) is 11.5 Å². The average Bonchev–Trinajstić information content (AvgIpc) is 2.36. The van der Waals surface area contributed by atoms with Gasteiger partial charge >= 0.3 is 0 Å². The van der Waals surface area contributed by atoms with E-state index >= 15 is 0 Å². The summed E-state index contributed by atoms with van der Waals surface area (Å²) in [5, 5.41) is 24.8. The molecule has 0 N–H and O–H groups in total. The predicted molar refractivity (Wildman–Crippen MR) is 62.2 cm³/mol. The third kappa shape index (κ3) is 1.20. The average molecular weight is 238 g/mol. The smallest absolute Gasteiger partial charge is 0.289 e. The molecule has 88 valence electrons. The summed E-state index contributed by atoms with van der Waals surface area (Å²) in [6.07, 6.45) is 3.47. The van der Waals surface area contributed by atoms with Crippen LogP contribution >= 0.6 is 0 Å². The van der Waals surface area contributed by atoms with Gasteiger partial charge in [-0.3, -0.25) is 0 Å². The van der Waals surface area contributed by atoms with E-state index in [0.29, 0.717) is 21.8 Å². The van der Waals surface area contributed by atoms with Crippen molar-refractivity contribution < 1.29 is 18.7 Å². The largest absolute Gasteiger partial charge is 0.872 e. The van der Waals surface area contributed by atoms with Crippen molar-refractivity contribution in [3.05, 3.63) is 50.1 Å². The van der Waals surface area contributed by atoms with Crippen LogP contribution in [0.1, 0.15) is 0 Å². The Morgan fingerprint density at radius 1 is 0.778 bits per heavy atom. The molecule has 2 aromatic heterocycles. The molecule has 0 aliphatic carbocycles. The van der Waals surface area contributed by atoms with Gasteiger partial charge in [-0.05, 0) is 12.1 Å². The standard InChI is InChI=1S/C14H10N2O2/c1-15-7-3-5-9-11(15)12-10(14(18)13(9)17)6-4-8-16(12)2/h3-8H,1-2H2. The molecule has 0 fully saturated rings. The van der Waals surface area contributed by atoms with Crippen LogP contribution in [0.15, 0.2) is 36.7 Å². The molecule has 4 heteroatoms. The van der Waals surface area contributed by atoms with Crippen LogP contribution in [0.3, 0.4) is 0 Å². The molecule has 0 atom stereocenters. The molecule has 3 rings (SSSR count). The lowest BCUT2D eigenvalue weighted by Crippen LogP contribution is -2.22. The summed E-state index contributed by atoms with van der Waals surface area (Å²) >= 11 is 0. The van der Waals surface area contributed by atoms with Crippen molar-refractivity contribution in [2.24, 2.45) is 0 Å². The van der Waals surface area contributed by atoms with E-state index < -0.39 is 11.5 Å². The number of benzene rings is 1. The summed E-state index contributed by atoms with van der Waals surface area (Å²) in [4.78, 5) is 0. The number of pyridine rings is 2. The Hall–Kier alpha value is -2.62. The lowest BCUT2D eigenvalue weighted by Gasteiger charge is -2.19. The minimum atomic E-state index is -0.498. The van der Waals surface area contributed by atoms with Crippen LogP contribution in [0.2, 0.25) is 0 Å². The fourth-order valence-corrected chi connectivity index (χ4v) is 2.24. The molecule has 2 heterocycles. The molecule has 0 amide bonds. The zero-order chi connectivity index (χ0) is 12.9. The van der Waals surface area contributed by atoms with Gasteiger partial charge in [0, 0.05) is 22.9 Å². The van der Waals surface area contributed by atoms with E-state index in [1.807, 2.05) is 0 Å². The highest BCUT2D eigenvalue weighted by Gasteiger charge is 2.16. The van der Waals surface area contributed by atoms with Crippen LogP contribution in [0.5, 0.6) is 11.5 Å². The highest BCUT2D eigenvalue weighted by Crippen LogP contribution is 2.34. The fraction of sp³-hybridized carbons (Fsp3) is 0. The Morgan fingerprint density at radius 2 is 1.17 bits per heavy atom. The Kier molecular flexibility index (Phi) is 2.01. The molecule has 18 heavy (non-hydrogen) atoms. The third-order valence-corrected chi connectivity index (χ3v) is 3.06. The molecule has 0 radical (unpaired) electrons. The number of fused-ring (bicyclic) bond motifs is 3. The topological polar surface area (TPSA) is 57.9 Å². The van der Waals surface area contributed by atoms with Gasteiger partial charge in [-0.2, -0.15) is 8.49 Å². The Labute approximate surface area is 103 Å². The first-order valence-corrected chi connectivity index (χ1v) is 5.41. The van der Waals surface area contributed by atoms with E-state index in [0.717, 1.165) is 0 Å². The van der Waals surface area contributed by atoms with Crippen molar-refractivity contribution >= 4 is 21.8 Å². The second kappa shape index (κ2) is 3.43. The van der Waals surface area contributed by atoms with Crippen LogP contribution < -0.4 is 18.7 Å². The van der Waals surface area contributed by atoms with Crippen LogP contribution in [-0.4, -0.2) is 0 Å².